The van der Waals surface area contributed by atoms with Gasteiger partial charge in [-0.2, -0.15) is 9.78 Å². The Balaban J connectivity index is 1.56. The third-order valence-corrected chi connectivity index (χ3v) is 6.86. The van der Waals surface area contributed by atoms with Crippen LogP contribution in [0.15, 0.2) is 18.7 Å². The van der Waals surface area contributed by atoms with Crippen LogP contribution in [0.5, 0.6) is 0 Å². The van der Waals surface area contributed by atoms with E-state index in [9.17, 15) is 9.59 Å². The van der Waals surface area contributed by atoms with Crippen molar-refractivity contribution in [3.8, 4) is 0 Å². The van der Waals surface area contributed by atoms with Crippen molar-refractivity contribution in [2.24, 2.45) is 5.73 Å². The van der Waals surface area contributed by atoms with Crippen molar-refractivity contribution in [2.45, 2.75) is 38.6 Å². The van der Waals surface area contributed by atoms with E-state index in [2.05, 4.69) is 15.1 Å². The molecule has 3 N–H and O–H groups in total. The van der Waals surface area contributed by atoms with Gasteiger partial charge in [0.15, 0.2) is 0 Å². The first kappa shape index (κ1) is 19.5. The number of carbonyl (C=O) groups excluding carboxylic acids is 2. The minimum atomic E-state index is -0.671. The van der Waals surface area contributed by atoms with Gasteiger partial charge in [-0.05, 0) is 44.7 Å². The summed E-state index contributed by atoms with van der Waals surface area (Å²) < 4.78 is 16.6. The molecule has 1 aromatic carbocycles. The zero-order valence-corrected chi connectivity index (χ0v) is 17.5. The number of H-pyrrole nitrogens is 1. The largest absolute Gasteiger partial charge is 0.366 e. The number of likely N-dealkylation sites (tertiary alicyclic amines) is 1. The van der Waals surface area contributed by atoms with Crippen LogP contribution in [0.2, 0.25) is 0 Å². The monoisotopic (exact) mass is 425 g/mol. The van der Waals surface area contributed by atoms with Crippen molar-refractivity contribution in [2.75, 3.05) is 24.5 Å². The van der Waals surface area contributed by atoms with Gasteiger partial charge in [-0.1, -0.05) is 0 Å². The number of aromatic nitrogens is 4. The molecule has 0 saturated carbocycles. The smallest absolute Gasteiger partial charge is 0.346 e. The van der Waals surface area contributed by atoms with E-state index in [-0.39, 0.29) is 17.1 Å². The third kappa shape index (κ3) is 2.81. The summed E-state index contributed by atoms with van der Waals surface area (Å²) in [7, 11) is 0. The van der Waals surface area contributed by atoms with E-state index >= 15 is 4.39 Å². The molecule has 10 heteroatoms. The van der Waals surface area contributed by atoms with Crippen LogP contribution in [0.25, 0.3) is 10.9 Å². The first-order valence-electron chi connectivity index (χ1n) is 10.3. The molecule has 31 heavy (non-hydrogen) atoms. The van der Waals surface area contributed by atoms with E-state index in [1.165, 1.54) is 23.4 Å². The number of benzene rings is 1. The summed E-state index contributed by atoms with van der Waals surface area (Å²) in [5.74, 6) is -1.15. The summed E-state index contributed by atoms with van der Waals surface area (Å²) in [5.41, 5.74) is 8.05. The predicted molar refractivity (Wildman–Crippen MR) is 113 cm³/mol. The van der Waals surface area contributed by atoms with Gasteiger partial charge in [0.05, 0.1) is 22.3 Å². The Hall–Kier alpha value is -3.43. The Bertz CT molecular complexity index is 1200. The fourth-order valence-electron chi connectivity index (χ4n) is 5.10. The second-order valence-corrected chi connectivity index (χ2v) is 8.52. The summed E-state index contributed by atoms with van der Waals surface area (Å²) in [6, 6.07) is 1.00. The number of piperidine rings is 1. The SMILES string of the molecule is Cc1[nH]c2c(C(N)=O)cc(F)c(N3CCCC4(CCN4C(=O)n4cncn4)C3)c2c1C. The maximum absolute atomic E-state index is 15.4. The molecular weight excluding hydrogens is 401 g/mol. The second-order valence-electron chi connectivity index (χ2n) is 8.52. The molecule has 3 aromatic rings. The van der Waals surface area contributed by atoms with E-state index in [1.54, 1.807) is 0 Å². The highest BCUT2D eigenvalue weighted by atomic mass is 19.1. The Kier molecular flexibility index (Phi) is 4.28. The molecule has 2 aliphatic heterocycles. The fourth-order valence-corrected chi connectivity index (χ4v) is 5.10. The first-order chi connectivity index (χ1) is 14.8. The molecule has 2 fully saturated rings. The lowest BCUT2D eigenvalue weighted by Crippen LogP contribution is -2.69. The van der Waals surface area contributed by atoms with Crippen LogP contribution in [-0.2, 0) is 0 Å². The van der Waals surface area contributed by atoms with Crippen LogP contribution in [0.4, 0.5) is 14.9 Å². The zero-order valence-electron chi connectivity index (χ0n) is 17.5. The number of primary amides is 1. The Labute approximate surface area is 178 Å². The summed E-state index contributed by atoms with van der Waals surface area (Å²) in [5, 5.41) is 4.64. The lowest BCUT2D eigenvalue weighted by Gasteiger charge is -2.57. The van der Waals surface area contributed by atoms with Gasteiger partial charge < -0.3 is 20.5 Å². The number of nitrogens with zero attached hydrogens (tertiary/aromatic N) is 5. The number of anilines is 1. The van der Waals surface area contributed by atoms with Crippen molar-refractivity contribution >= 4 is 28.5 Å². The summed E-state index contributed by atoms with van der Waals surface area (Å²) >= 11 is 0. The fraction of sp³-hybridized carbons (Fsp3) is 0.429. The number of amides is 2. The summed E-state index contributed by atoms with van der Waals surface area (Å²) in [4.78, 5) is 35.7. The van der Waals surface area contributed by atoms with Gasteiger partial charge in [0.25, 0.3) is 5.91 Å². The molecule has 2 saturated heterocycles. The number of rotatable bonds is 2. The minimum Gasteiger partial charge on any atom is -0.366 e. The highest BCUT2D eigenvalue weighted by Crippen LogP contribution is 2.43. The number of carbonyl (C=O) groups is 2. The quantitative estimate of drug-likeness (QED) is 0.654. The number of hydrogen-bond acceptors (Lipinski definition) is 5. The third-order valence-electron chi connectivity index (χ3n) is 6.86. The molecule has 2 amide bonds. The number of aryl methyl sites for hydroxylation is 2. The van der Waals surface area contributed by atoms with Crippen molar-refractivity contribution < 1.29 is 14.0 Å². The number of halogens is 1. The van der Waals surface area contributed by atoms with E-state index in [4.69, 9.17) is 5.73 Å². The van der Waals surface area contributed by atoms with Crippen molar-refractivity contribution in [1.82, 2.24) is 24.6 Å². The van der Waals surface area contributed by atoms with Gasteiger partial charge >= 0.3 is 6.03 Å². The van der Waals surface area contributed by atoms with Crippen LogP contribution < -0.4 is 10.6 Å². The number of nitrogens with two attached hydrogens (primary N) is 1. The molecular formula is C21H24FN7O2. The van der Waals surface area contributed by atoms with Gasteiger partial charge in [-0.15, -0.1) is 0 Å². The highest BCUT2D eigenvalue weighted by Gasteiger charge is 2.50. The van der Waals surface area contributed by atoms with Gasteiger partial charge in [0.1, 0.15) is 18.5 Å². The van der Waals surface area contributed by atoms with Gasteiger partial charge in [0, 0.05) is 30.7 Å². The molecule has 0 bridgehead atoms. The van der Waals surface area contributed by atoms with E-state index in [0.717, 1.165) is 30.5 Å². The molecule has 9 nitrogen and oxygen atoms in total. The Morgan fingerprint density at radius 3 is 2.71 bits per heavy atom. The lowest BCUT2D eigenvalue weighted by atomic mass is 9.77. The standard InChI is InChI=1S/C21H24FN7O2/c1-12-13(2)26-17-14(19(23)30)8-15(22)18(16(12)17)27-6-3-4-21(9-27)5-7-28(21)20(31)29-11-24-10-25-29/h8,10-11,26H,3-7,9H2,1-2H3,(H2,23,30). The van der Waals surface area contributed by atoms with Gasteiger partial charge in [0.2, 0.25) is 0 Å². The first-order valence-corrected chi connectivity index (χ1v) is 10.3. The Morgan fingerprint density at radius 2 is 2.06 bits per heavy atom. The normalized spacial score (nSPS) is 21.0. The summed E-state index contributed by atoms with van der Waals surface area (Å²) in [6.45, 7) is 5.61. The minimum absolute atomic E-state index is 0.144. The van der Waals surface area contributed by atoms with Gasteiger partial charge in [-0.3, -0.25) is 4.79 Å². The van der Waals surface area contributed by atoms with Crippen molar-refractivity contribution in [1.29, 1.82) is 0 Å². The molecule has 0 aliphatic carbocycles. The van der Waals surface area contributed by atoms with Crippen LogP contribution >= 0.6 is 0 Å². The maximum Gasteiger partial charge on any atom is 0.346 e. The Morgan fingerprint density at radius 1 is 1.26 bits per heavy atom. The van der Waals surface area contributed by atoms with E-state index in [0.29, 0.717) is 36.2 Å². The van der Waals surface area contributed by atoms with Crippen LogP contribution in [0, 0.1) is 19.7 Å². The topological polar surface area (TPSA) is 113 Å². The molecule has 2 aliphatic rings. The number of fused-ring (bicyclic) bond motifs is 1. The molecule has 162 valence electrons. The molecule has 4 heterocycles. The lowest BCUT2D eigenvalue weighted by molar-refractivity contribution is 0.0118. The average molecular weight is 425 g/mol. The maximum atomic E-state index is 15.4. The average Bonchev–Trinajstić information content (AvgIpc) is 3.36. The predicted octanol–water partition coefficient (Wildman–Crippen LogP) is 2.33. The van der Waals surface area contributed by atoms with E-state index in [1.807, 2.05) is 23.6 Å². The van der Waals surface area contributed by atoms with Crippen LogP contribution in [0.1, 0.15) is 40.9 Å². The molecule has 1 atom stereocenters. The van der Waals surface area contributed by atoms with E-state index < -0.39 is 11.7 Å². The van der Waals surface area contributed by atoms with Crippen LogP contribution in [0.3, 0.4) is 0 Å². The van der Waals surface area contributed by atoms with Crippen molar-refractivity contribution in [3.63, 3.8) is 0 Å². The number of aromatic amines is 1. The van der Waals surface area contributed by atoms with Crippen LogP contribution in [-0.4, -0.2) is 61.8 Å². The second kappa shape index (κ2) is 6.79. The zero-order chi connectivity index (χ0) is 21.9. The highest BCUT2D eigenvalue weighted by molar-refractivity contribution is 6.10. The van der Waals surface area contributed by atoms with Gasteiger partial charge in [-0.25, -0.2) is 14.2 Å². The molecule has 2 aromatic heterocycles. The molecule has 0 radical (unpaired) electrons. The number of hydrogen-bond donors (Lipinski definition) is 2. The molecule has 5 rings (SSSR count). The summed E-state index contributed by atoms with van der Waals surface area (Å²) in [6.07, 6.45) is 5.24. The molecule has 1 unspecified atom stereocenters. The van der Waals surface area contributed by atoms with Crippen molar-refractivity contribution in [3.05, 3.63) is 41.4 Å². The number of nitrogens with one attached hydrogen (secondary N) is 1. The molecule has 1 spiro atoms.